The summed E-state index contributed by atoms with van der Waals surface area (Å²) in [6.45, 7) is 0.875. The van der Waals surface area contributed by atoms with Gasteiger partial charge in [0, 0.05) is 18.2 Å². The Labute approximate surface area is 191 Å². The fraction of sp³-hybridized carbons (Fsp3) is 0.364. The number of alkyl halides is 3. The summed E-state index contributed by atoms with van der Waals surface area (Å²) >= 11 is 1.10. The summed E-state index contributed by atoms with van der Waals surface area (Å²) in [4.78, 5) is 19.5. The number of benzene rings is 2. The molecule has 0 spiro atoms. The van der Waals surface area contributed by atoms with Crippen molar-refractivity contribution in [2.45, 2.75) is 25.3 Å². The molecule has 176 valence electrons. The maximum Gasteiger partial charge on any atom is 0.573 e. The standard InChI is InChI=1S/C22H21F3N2O5S/c1-29-17-8-5-13(10-18(17)30-2)20(28)27(12-15-4-3-9-31-15)21-26-16-7-6-14(11-19(16)33-21)32-22(23,24)25/h5-8,10-11,15H,3-4,9,12H2,1-2H3. The zero-order valence-electron chi connectivity index (χ0n) is 17.8. The van der Waals surface area contributed by atoms with Crippen LogP contribution in [0.15, 0.2) is 36.4 Å². The highest BCUT2D eigenvalue weighted by Gasteiger charge is 2.32. The second-order valence-corrected chi connectivity index (χ2v) is 8.30. The molecule has 1 saturated heterocycles. The van der Waals surface area contributed by atoms with Gasteiger partial charge in [0.1, 0.15) is 5.75 Å². The second-order valence-electron chi connectivity index (χ2n) is 7.29. The van der Waals surface area contributed by atoms with Crippen molar-refractivity contribution >= 4 is 32.6 Å². The van der Waals surface area contributed by atoms with Crippen molar-refractivity contribution in [2.24, 2.45) is 0 Å². The SMILES string of the molecule is COc1ccc(C(=O)N(CC2CCCO2)c2nc3ccc(OC(F)(F)F)cc3s2)cc1OC. The number of hydrogen-bond acceptors (Lipinski definition) is 7. The molecular weight excluding hydrogens is 461 g/mol. The zero-order chi connectivity index (χ0) is 23.6. The minimum atomic E-state index is -4.80. The molecule has 1 fully saturated rings. The number of halogens is 3. The van der Waals surface area contributed by atoms with Gasteiger partial charge < -0.3 is 18.9 Å². The monoisotopic (exact) mass is 482 g/mol. The summed E-state index contributed by atoms with van der Waals surface area (Å²) in [5.41, 5.74) is 0.813. The molecule has 1 aliphatic rings. The molecule has 2 heterocycles. The predicted molar refractivity (Wildman–Crippen MR) is 116 cm³/mol. The normalized spacial score (nSPS) is 16.1. The average molecular weight is 482 g/mol. The number of amides is 1. The van der Waals surface area contributed by atoms with E-state index in [2.05, 4.69) is 9.72 Å². The fourth-order valence-electron chi connectivity index (χ4n) is 3.57. The molecule has 0 aliphatic carbocycles. The summed E-state index contributed by atoms with van der Waals surface area (Å²) in [5, 5.41) is 0.351. The lowest BCUT2D eigenvalue weighted by molar-refractivity contribution is -0.274. The number of rotatable bonds is 7. The molecule has 0 bridgehead atoms. The predicted octanol–water partition coefficient (Wildman–Crippen LogP) is 5.04. The third kappa shape index (κ3) is 5.31. The van der Waals surface area contributed by atoms with Gasteiger partial charge in [0.2, 0.25) is 0 Å². The smallest absolute Gasteiger partial charge is 0.493 e. The van der Waals surface area contributed by atoms with Crippen LogP contribution in [-0.4, -0.2) is 50.7 Å². The maximum atomic E-state index is 13.5. The molecular formula is C22H21F3N2O5S. The number of anilines is 1. The highest BCUT2D eigenvalue weighted by atomic mass is 32.1. The van der Waals surface area contributed by atoms with Crippen LogP contribution in [0.4, 0.5) is 18.3 Å². The number of methoxy groups -OCH3 is 2. The molecule has 0 radical (unpaired) electrons. The Kier molecular flexibility index (Phi) is 6.61. The number of hydrogen-bond donors (Lipinski definition) is 0. The van der Waals surface area contributed by atoms with E-state index in [0.29, 0.717) is 39.0 Å². The Morgan fingerprint density at radius 1 is 1.18 bits per heavy atom. The van der Waals surface area contributed by atoms with E-state index in [4.69, 9.17) is 14.2 Å². The Morgan fingerprint density at radius 3 is 2.64 bits per heavy atom. The topological polar surface area (TPSA) is 70.1 Å². The van der Waals surface area contributed by atoms with E-state index in [1.54, 1.807) is 18.2 Å². The molecule has 3 aromatic rings. The quantitative estimate of drug-likeness (QED) is 0.470. The van der Waals surface area contributed by atoms with Gasteiger partial charge in [0.05, 0.1) is 37.1 Å². The van der Waals surface area contributed by atoms with Crippen molar-refractivity contribution in [1.29, 1.82) is 0 Å². The molecule has 1 unspecified atom stereocenters. The van der Waals surface area contributed by atoms with E-state index in [1.807, 2.05) is 0 Å². The van der Waals surface area contributed by atoms with Gasteiger partial charge in [-0.15, -0.1) is 13.2 Å². The number of fused-ring (bicyclic) bond motifs is 1. The molecule has 1 aromatic heterocycles. The highest BCUT2D eigenvalue weighted by molar-refractivity contribution is 7.22. The van der Waals surface area contributed by atoms with Crippen LogP contribution < -0.4 is 19.1 Å². The van der Waals surface area contributed by atoms with Gasteiger partial charge in [-0.1, -0.05) is 11.3 Å². The zero-order valence-corrected chi connectivity index (χ0v) is 18.7. The minimum absolute atomic E-state index is 0.162. The van der Waals surface area contributed by atoms with Gasteiger partial charge in [0.25, 0.3) is 5.91 Å². The van der Waals surface area contributed by atoms with Crippen molar-refractivity contribution in [3.8, 4) is 17.2 Å². The van der Waals surface area contributed by atoms with Crippen molar-refractivity contribution in [1.82, 2.24) is 4.98 Å². The van der Waals surface area contributed by atoms with Crippen molar-refractivity contribution in [3.63, 3.8) is 0 Å². The number of nitrogens with zero attached hydrogens (tertiary/aromatic N) is 2. The lowest BCUT2D eigenvalue weighted by atomic mass is 10.1. The Morgan fingerprint density at radius 2 is 1.97 bits per heavy atom. The summed E-state index contributed by atoms with van der Waals surface area (Å²) < 4.78 is 58.5. The van der Waals surface area contributed by atoms with Gasteiger partial charge in [-0.05, 0) is 43.2 Å². The molecule has 1 aliphatic heterocycles. The first-order valence-corrected chi connectivity index (χ1v) is 10.9. The van der Waals surface area contributed by atoms with Crippen LogP contribution in [-0.2, 0) is 4.74 Å². The van der Waals surface area contributed by atoms with Gasteiger partial charge in [-0.2, -0.15) is 0 Å². The third-order valence-corrected chi connectivity index (χ3v) is 6.14. The molecule has 0 saturated carbocycles. The maximum absolute atomic E-state index is 13.5. The number of carbonyl (C=O) groups is 1. The van der Waals surface area contributed by atoms with E-state index in [1.165, 1.54) is 37.3 Å². The van der Waals surface area contributed by atoms with Crippen LogP contribution in [0.3, 0.4) is 0 Å². The van der Waals surface area contributed by atoms with Gasteiger partial charge in [-0.25, -0.2) is 4.98 Å². The molecule has 7 nitrogen and oxygen atoms in total. The van der Waals surface area contributed by atoms with E-state index in [0.717, 1.165) is 24.2 Å². The second kappa shape index (κ2) is 9.44. The van der Waals surface area contributed by atoms with Crippen LogP contribution in [0, 0.1) is 0 Å². The first-order valence-electron chi connectivity index (χ1n) is 10.1. The van der Waals surface area contributed by atoms with Crippen molar-refractivity contribution in [3.05, 3.63) is 42.0 Å². The van der Waals surface area contributed by atoms with Crippen molar-refractivity contribution < 1.29 is 36.9 Å². The summed E-state index contributed by atoms with van der Waals surface area (Å²) in [6, 6.07) is 8.72. The fourth-order valence-corrected chi connectivity index (χ4v) is 4.57. The lowest BCUT2D eigenvalue weighted by Gasteiger charge is -2.23. The largest absolute Gasteiger partial charge is 0.573 e. The molecule has 4 rings (SSSR count). The minimum Gasteiger partial charge on any atom is -0.493 e. The van der Waals surface area contributed by atoms with E-state index < -0.39 is 6.36 Å². The number of thiazole rings is 1. The Hall–Kier alpha value is -3.05. The molecule has 1 amide bonds. The van der Waals surface area contributed by atoms with Gasteiger partial charge in [0.15, 0.2) is 16.6 Å². The van der Waals surface area contributed by atoms with Crippen molar-refractivity contribution in [2.75, 3.05) is 32.3 Å². The molecule has 2 aromatic carbocycles. The van der Waals surface area contributed by atoms with Gasteiger partial charge >= 0.3 is 6.36 Å². The first kappa shape index (κ1) is 23.1. The first-order chi connectivity index (χ1) is 15.8. The van der Waals surface area contributed by atoms with Crippen LogP contribution >= 0.6 is 11.3 Å². The average Bonchev–Trinajstić information content (AvgIpc) is 3.44. The third-order valence-electron chi connectivity index (χ3n) is 5.10. The van der Waals surface area contributed by atoms with Crippen LogP contribution in [0.1, 0.15) is 23.2 Å². The van der Waals surface area contributed by atoms with E-state index >= 15 is 0 Å². The summed E-state index contributed by atoms with van der Waals surface area (Å²) in [7, 11) is 2.98. The lowest BCUT2D eigenvalue weighted by Crippen LogP contribution is -2.37. The number of ether oxygens (including phenoxy) is 4. The molecule has 33 heavy (non-hydrogen) atoms. The van der Waals surface area contributed by atoms with Crippen LogP contribution in [0.25, 0.3) is 10.2 Å². The number of carbonyl (C=O) groups excluding carboxylic acids is 1. The summed E-state index contributed by atoms with van der Waals surface area (Å²) in [5.74, 6) is 0.204. The Balaban J connectivity index is 1.69. The van der Waals surface area contributed by atoms with Crippen LogP contribution in [0.2, 0.25) is 0 Å². The van der Waals surface area contributed by atoms with Gasteiger partial charge in [-0.3, -0.25) is 9.69 Å². The number of aromatic nitrogens is 1. The van der Waals surface area contributed by atoms with E-state index in [-0.39, 0.29) is 24.3 Å². The molecule has 1 atom stereocenters. The molecule has 11 heteroatoms. The Bertz CT molecular complexity index is 1140. The summed E-state index contributed by atoms with van der Waals surface area (Å²) in [6.07, 6.45) is -3.27. The van der Waals surface area contributed by atoms with Crippen LogP contribution in [0.5, 0.6) is 17.2 Å². The highest BCUT2D eigenvalue weighted by Crippen LogP contribution is 2.35. The van der Waals surface area contributed by atoms with E-state index in [9.17, 15) is 18.0 Å². The molecule has 0 N–H and O–H groups in total.